The predicted octanol–water partition coefficient (Wildman–Crippen LogP) is 3.19. The SMILES string of the molecule is CCCCCC(C)NCCSc1nncs1. The van der Waals surface area contributed by atoms with Crippen LogP contribution in [0.3, 0.4) is 0 Å². The van der Waals surface area contributed by atoms with Gasteiger partial charge in [0, 0.05) is 18.3 Å². The fraction of sp³-hybridized carbons (Fsp3) is 0.818. The lowest BCUT2D eigenvalue weighted by Gasteiger charge is -2.12. The number of nitrogens with zero attached hydrogens (tertiary/aromatic N) is 2. The van der Waals surface area contributed by atoms with E-state index in [4.69, 9.17) is 0 Å². The summed E-state index contributed by atoms with van der Waals surface area (Å²) in [4.78, 5) is 0. The maximum Gasteiger partial charge on any atom is 0.174 e. The molecule has 0 aliphatic rings. The summed E-state index contributed by atoms with van der Waals surface area (Å²) in [5, 5.41) is 11.4. The van der Waals surface area contributed by atoms with Crippen molar-refractivity contribution in [2.24, 2.45) is 0 Å². The second-order valence-electron chi connectivity index (χ2n) is 3.90. The van der Waals surface area contributed by atoms with Gasteiger partial charge in [0.1, 0.15) is 5.51 Å². The molecule has 1 unspecified atom stereocenters. The summed E-state index contributed by atoms with van der Waals surface area (Å²) in [5.41, 5.74) is 1.78. The van der Waals surface area contributed by atoms with Gasteiger partial charge in [0.25, 0.3) is 0 Å². The first-order valence-electron chi connectivity index (χ1n) is 5.95. The highest BCUT2D eigenvalue weighted by Gasteiger charge is 2.01. The Morgan fingerprint density at radius 3 is 3.06 bits per heavy atom. The van der Waals surface area contributed by atoms with E-state index in [2.05, 4.69) is 29.4 Å². The molecule has 5 heteroatoms. The minimum Gasteiger partial charge on any atom is -0.313 e. The minimum atomic E-state index is 0.640. The molecule has 0 aliphatic heterocycles. The summed E-state index contributed by atoms with van der Waals surface area (Å²) < 4.78 is 1.07. The van der Waals surface area contributed by atoms with E-state index in [0.29, 0.717) is 6.04 Å². The van der Waals surface area contributed by atoms with Crippen LogP contribution in [0.15, 0.2) is 9.85 Å². The van der Waals surface area contributed by atoms with Crippen LogP contribution < -0.4 is 5.32 Å². The first-order chi connectivity index (χ1) is 7.83. The van der Waals surface area contributed by atoms with E-state index in [0.717, 1.165) is 16.6 Å². The van der Waals surface area contributed by atoms with Crippen LogP contribution in [-0.4, -0.2) is 28.5 Å². The van der Waals surface area contributed by atoms with Gasteiger partial charge in [0.15, 0.2) is 4.34 Å². The Kier molecular flexibility index (Phi) is 7.80. The van der Waals surface area contributed by atoms with Crippen LogP contribution in [0.1, 0.15) is 39.5 Å². The highest BCUT2D eigenvalue weighted by molar-refractivity contribution is 8.01. The normalized spacial score (nSPS) is 12.9. The Labute approximate surface area is 106 Å². The number of nitrogens with one attached hydrogen (secondary N) is 1. The summed E-state index contributed by atoms with van der Waals surface area (Å²) in [5.74, 6) is 1.08. The van der Waals surface area contributed by atoms with Crippen molar-refractivity contribution in [2.75, 3.05) is 12.3 Å². The fourth-order valence-electron chi connectivity index (χ4n) is 1.47. The molecular formula is C11H21N3S2. The second kappa shape index (κ2) is 8.96. The molecule has 1 aromatic rings. The molecule has 0 fully saturated rings. The molecular weight excluding hydrogens is 238 g/mol. The summed E-state index contributed by atoms with van der Waals surface area (Å²) in [6, 6.07) is 0.640. The molecule has 0 aromatic carbocycles. The van der Waals surface area contributed by atoms with Crippen molar-refractivity contribution in [1.82, 2.24) is 15.5 Å². The van der Waals surface area contributed by atoms with Crippen molar-refractivity contribution in [3.63, 3.8) is 0 Å². The van der Waals surface area contributed by atoms with Crippen molar-refractivity contribution in [1.29, 1.82) is 0 Å². The van der Waals surface area contributed by atoms with Gasteiger partial charge in [-0.1, -0.05) is 49.3 Å². The molecule has 1 atom stereocenters. The third-order valence-electron chi connectivity index (χ3n) is 2.40. The van der Waals surface area contributed by atoms with Gasteiger partial charge < -0.3 is 5.32 Å². The molecule has 0 spiro atoms. The van der Waals surface area contributed by atoms with E-state index >= 15 is 0 Å². The number of rotatable bonds is 9. The van der Waals surface area contributed by atoms with E-state index in [1.165, 1.54) is 25.7 Å². The maximum atomic E-state index is 4.00. The molecule has 1 heterocycles. The lowest BCUT2D eigenvalue weighted by Crippen LogP contribution is -2.28. The Morgan fingerprint density at radius 1 is 1.50 bits per heavy atom. The Balaban J connectivity index is 1.94. The van der Waals surface area contributed by atoms with Gasteiger partial charge in [-0.25, -0.2) is 0 Å². The first-order valence-corrected chi connectivity index (χ1v) is 7.81. The molecule has 0 amide bonds. The van der Waals surface area contributed by atoms with Crippen LogP contribution in [0, 0.1) is 0 Å². The molecule has 0 saturated heterocycles. The number of hydrogen-bond donors (Lipinski definition) is 1. The van der Waals surface area contributed by atoms with E-state index in [1.54, 1.807) is 28.6 Å². The van der Waals surface area contributed by atoms with Crippen molar-refractivity contribution >= 4 is 23.1 Å². The van der Waals surface area contributed by atoms with Gasteiger partial charge in [0.05, 0.1) is 0 Å². The van der Waals surface area contributed by atoms with E-state index in [-0.39, 0.29) is 0 Å². The molecule has 1 rings (SSSR count). The van der Waals surface area contributed by atoms with Crippen LogP contribution in [0.25, 0.3) is 0 Å². The van der Waals surface area contributed by atoms with Crippen molar-refractivity contribution in [2.45, 2.75) is 49.9 Å². The maximum absolute atomic E-state index is 4.00. The summed E-state index contributed by atoms with van der Waals surface area (Å²) in [7, 11) is 0. The van der Waals surface area contributed by atoms with Gasteiger partial charge in [0.2, 0.25) is 0 Å². The molecule has 92 valence electrons. The zero-order valence-electron chi connectivity index (χ0n) is 10.1. The Morgan fingerprint density at radius 2 is 2.38 bits per heavy atom. The topological polar surface area (TPSA) is 37.8 Å². The van der Waals surface area contributed by atoms with Gasteiger partial charge in [-0.15, -0.1) is 10.2 Å². The predicted molar refractivity (Wildman–Crippen MR) is 72.2 cm³/mol. The van der Waals surface area contributed by atoms with E-state index in [9.17, 15) is 0 Å². The molecule has 1 N–H and O–H groups in total. The average Bonchev–Trinajstić information content (AvgIpc) is 2.78. The zero-order chi connectivity index (χ0) is 11.6. The van der Waals surface area contributed by atoms with Gasteiger partial charge >= 0.3 is 0 Å². The highest BCUT2D eigenvalue weighted by Crippen LogP contribution is 2.17. The van der Waals surface area contributed by atoms with Crippen molar-refractivity contribution in [3.05, 3.63) is 5.51 Å². The molecule has 0 radical (unpaired) electrons. The van der Waals surface area contributed by atoms with Crippen molar-refractivity contribution in [3.8, 4) is 0 Å². The third-order valence-corrected chi connectivity index (χ3v) is 4.26. The second-order valence-corrected chi connectivity index (χ2v) is 6.08. The summed E-state index contributed by atoms with van der Waals surface area (Å²) >= 11 is 3.39. The number of aromatic nitrogens is 2. The van der Waals surface area contributed by atoms with Gasteiger partial charge in [-0.3, -0.25) is 0 Å². The first kappa shape index (κ1) is 13.9. The third kappa shape index (κ3) is 6.45. The van der Waals surface area contributed by atoms with Crippen LogP contribution in [-0.2, 0) is 0 Å². The Hall–Kier alpha value is -0.130. The fourth-order valence-corrected chi connectivity index (χ4v) is 2.90. The van der Waals surface area contributed by atoms with E-state index in [1.807, 2.05) is 0 Å². The van der Waals surface area contributed by atoms with Crippen LogP contribution >= 0.6 is 23.1 Å². The average molecular weight is 259 g/mol. The molecule has 0 aliphatic carbocycles. The van der Waals surface area contributed by atoms with Crippen LogP contribution in [0.5, 0.6) is 0 Å². The lowest BCUT2D eigenvalue weighted by molar-refractivity contribution is 0.502. The van der Waals surface area contributed by atoms with Gasteiger partial charge in [-0.2, -0.15) is 0 Å². The molecule has 1 aromatic heterocycles. The summed E-state index contributed by atoms with van der Waals surface area (Å²) in [6.07, 6.45) is 5.29. The zero-order valence-corrected chi connectivity index (χ0v) is 11.7. The molecule has 3 nitrogen and oxygen atoms in total. The molecule has 0 bridgehead atoms. The minimum absolute atomic E-state index is 0.640. The quantitative estimate of drug-likeness (QED) is 0.546. The standard InChI is InChI=1S/C11H21N3S2/c1-3-4-5-6-10(2)12-7-8-15-11-14-13-9-16-11/h9-10,12H,3-8H2,1-2H3. The van der Waals surface area contributed by atoms with Crippen LogP contribution in [0.4, 0.5) is 0 Å². The number of hydrogen-bond acceptors (Lipinski definition) is 5. The summed E-state index contributed by atoms with van der Waals surface area (Å²) in [6.45, 7) is 5.57. The Bertz CT molecular complexity index is 252. The smallest absolute Gasteiger partial charge is 0.174 e. The van der Waals surface area contributed by atoms with Crippen LogP contribution in [0.2, 0.25) is 0 Å². The number of thioether (sulfide) groups is 1. The lowest BCUT2D eigenvalue weighted by atomic mass is 10.1. The monoisotopic (exact) mass is 259 g/mol. The van der Waals surface area contributed by atoms with Crippen molar-refractivity contribution < 1.29 is 0 Å². The van der Waals surface area contributed by atoms with E-state index < -0.39 is 0 Å². The number of unbranched alkanes of at least 4 members (excludes halogenated alkanes) is 2. The molecule has 16 heavy (non-hydrogen) atoms. The highest BCUT2D eigenvalue weighted by atomic mass is 32.2. The molecule has 0 saturated carbocycles. The van der Waals surface area contributed by atoms with Gasteiger partial charge in [-0.05, 0) is 13.3 Å². The largest absolute Gasteiger partial charge is 0.313 e.